The van der Waals surface area contributed by atoms with Crippen molar-refractivity contribution >= 4 is 11.8 Å². The predicted molar refractivity (Wildman–Crippen MR) is 121 cm³/mol. The van der Waals surface area contributed by atoms with Gasteiger partial charge in [-0.05, 0) is 18.9 Å². The van der Waals surface area contributed by atoms with Gasteiger partial charge in [-0.3, -0.25) is 9.59 Å². The van der Waals surface area contributed by atoms with Crippen molar-refractivity contribution in [3.63, 3.8) is 0 Å². The largest absolute Gasteiger partial charge is 0.503 e. The highest BCUT2D eigenvalue weighted by Crippen LogP contribution is 2.38. The van der Waals surface area contributed by atoms with E-state index in [0.717, 1.165) is 12.0 Å². The van der Waals surface area contributed by atoms with E-state index in [0.29, 0.717) is 5.75 Å². The normalized spacial score (nSPS) is 14.6. The molecule has 0 bridgehead atoms. The van der Waals surface area contributed by atoms with Crippen molar-refractivity contribution in [1.29, 1.82) is 0 Å². The van der Waals surface area contributed by atoms with E-state index in [4.69, 9.17) is 14.2 Å². The molecule has 0 aliphatic heterocycles. The quantitative estimate of drug-likeness (QED) is 0.375. The Balaban J connectivity index is 2.17. The molecule has 0 saturated heterocycles. The van der Waals surface area contributed by atoms with Gasteiger partial charge in [0.15, 0.2) is 23.0 Å². The van der Waals surface area contributed by atoms with Crippen molar-refractivity contribution in [2.24, 2.45) is 11.8 Å². The van der Waals surface area contributed by atoms with Gasteiger partial charge < -0.3 is 19.3 Å². The number of ether oxygens (including phenoxy) is 3. The Morgan fingerprint density at radius 1 is 1.09 bits per heavy atom. The Kier molecular flexibility index (Phi) is 9.20. The second-order valence-corrected chi connectivity index (χ2v) is 8.18. The zero-order valence-corrected chi connectivity index (χ0v) is 19.9. The lowest BCUT2D eigenvalue weighted by Crippen LogP contribution is -2.30. The lowest BCUT2D eigenvalue weighted by Gasteiger charge is -2.31. The number of carbonyl (C=O) groups is 2. The third kappa shape index (κ3) is 6.21. The first-order chi connectivity index (χ1) is 15.6. The molecule has 1 heterocycles. The van der Waals surface area contributed by atoms with Crippen LogP contribution in [-0.2, 0) is 9.53 Å². The Hall–Kier alpha value is -3.16. The number of hydrogen-bond acceptors (Lipinski definition) is 7. The molecule has 0 amide bonds. The van der Waals surface area contributed by atoms with Crippen LogP contribution in [0.4, 0.5) is 4.39 Å². The second-order valence-electron chi connectivity index (χ2n) is 8.18. The van der Waals surface area contributed by atoms with Gasteiger partial charge >= 0.3 is 5.97 Å². The van der Waals surface area contributed by atoms with E-state index in [-0.39, 0.29) is 35.4 Å². The monoisotopic (exact) mass is 461 g/mol. The van der Waals surface area contributed by atoms with Gasteiger partial charge in [0.25, 0.3) is 0 Å². The topological polar surface area (TPSA) is 95.0 Å². The first kappa shape index (κ1) is 26.1. The predicted octanol–water partition coefficient (Wildman–Crippen LogP) is 4.91. The summed E-state index contributed by atoms with van der Waals surface area (Å²) in [6, 6.07) is 5.76. The van der Waals surface area contributed by atoms with Crippen LogP contribution in [0.1, 0.15) is 62.5 Å². The third-order valence-electron chi connectivity index (χ3n) is 5.88. The summed E-state index contributed by atoms with van der Waals surface area (Å²) in [7, 11) is 2.84. The van der Waals surface area contributed by atoms with Crippen LogP contribution in [0.3, 0.4) is 0 Å². The molecule has 0 radical (unpaired) electrons. The molecule has 1 aromatic heterocycles. The number of aromatic nitrogens is 1. The molecular formula is C25H32FNO6. The van der Waals surface area contributed by atoms with Crippen LogP contribution in [0.15, 0.2) is 30.5 Å². The molecule has 0 fully saturated rings. The van der Waals surface area contributed by atoms with E-state index in [1.165, 1.54) is 38.6 Å². The summed E-state index contributed by atoms with van der Waals surface area (Å²) >= 11 is 0. The summed E-state index contributed by atoms with van der Waals surface area (Å²) in [5.74, 6) is -2.19. The van der Waals surface area contributed by atoms with Crippen LogP contribution in [0.25, 0.3) is 0 Å². The maximum absolute atomic E-state index is 13.7. The number of pyridine rings is 1. The molecule has 180 valence electrons. The van der Waals surface area contributed by atoms with Crippen LogP contribution in [0.2, 0.25) is 0 Å². The lowest BCUT2D eigenvalue weighted by molar-refractivity contribution is -0.154. The summed E-state index contributed by atoms with van der Waals surface area (Å²) < 4.78 is 29.8. The summed E-state index contributed by atoms with van der Waals surface area (Å²) in [5, 5.41) is 10.1. The average Bonchev–Trinajstić information content (AvgIpc) is 2.79. The summed E-state index contributed by atoms with van der Waals surface area (Å²) in [4.78, 5) is 29.3. The van der Waals surface area contributed by atoms with Gasteiger partial charge in [0.1, 0.15) is 17.7 Å². The van der Waals surface area contributed by atoms with Crippen LogP contribution in [0.5, 0.6) is 17.2 Å². The van der Waals surface area contributed by atoms with Crippen molar-refractivity contribution in [2.45, 2.75) is 52.6 Å². The average molecular weight is 462 g/mol. The van der Waals surface area contributed by atoms with E-state index in [1.807, 2.05) is 13.8 Å². The molecule has 1 aromatic carbocycles. The second kappa shape index (κ2) is 11.6. The smallest absolute Gasteiger partial charge is 0.309 e. The fourth-order valence-electron chi connectivity index (χ4n) is 3.87. The van der Waals surface area contributed by atoms with Gasteiger partial charge in [0.2, 0.25) is 0 Å². The number of Topliss-reactive ketones (excluding diaryl/α,β-unsaturated/α-hetero) is 1. The Morgan fingerprint density at radius 3 is 2.36 bits per heavy atom. The molecule has 0 aliphatic rings. The van der Waals surface area contributed by atoms with Gasteiger partial charge in [-0.1, -0.05) is 33.3 Å². The maximum Gasteiger partial charge on any atom is 0.309 e. The number of aromatic hydroxyl groups is 1. The number of esters is 1. The molecule has 2 rings (SSSR count). The van der Waals surface area contributed by atoms with E-state index in [2.05, 4.69) is 4.98 Å². The number of methoxy groups -OCH3 is 2. The van der Waals surface area contributed by atoms with E-state index >= 15 is 0 Å². The number of nitrogens with zero attached hydrogens (tertiary/aromatic N) is 1. The molecule has 7 nitrogen and oxygen atoms in total. The Labute approximate surface area is 193 Å². The number of hydrogen-bond donors (Lipinski definition) is 1. The van der Waals surface area contributed by atoms with Crippen molar-refractivity contribution in [3.8, 4) is 17.2 Å². The third-order valence-corrected chi connectivity index (χ3v) is 5.88. The molecule has 4 atom stereocenters. The van der Waals surface area contributed by atoms with Gasteiger partial charge in [0, 0.05) is 36.2 Å². The van der Waals surface area contributed by atoms with Crippen LogP contribution in [-0.4, -0.2) is 42.2 Å². The van der Waals surface area contributed by atoms with Gasteiger partial charge in [-0.2, -0.15) is 0 Å². The molecule has 2 aromatic rings. The highest BCUT2D eigenvalue weighted by atomic mass is 19.1. The minimum Gasteiger partial charge on any atom is -0.503 e. The molecular weight excluding hydrogens is 429 g/mol. The van der Waals surface area contributed by atoms with E-state index < -0.39 is 29.6 Å². The van der Waals surface area contributed by atoms with Crippen LogP contribution < -0.4 is 9.47 Å². The zero-order valence-electron chi connectivity index (χ0n) is 19.9. The highest BCUT2D eigenvalue weighted by molar-refractivity contribution is 5.99. The number of rotatable bonds is 11. The molecule has 1 N–H and O–H groups in total. The molecule has 0 spiro atoms. The summed E-state index contributed by atoms with van der Waals surface area (Å²) in [6.45, 7) is 7.42. The van der Waals surface area contributed by atoms with E-state index in [1.54, 1.807) is 19.9 Å². The van der Waals surface area contributed by atoms with Gasteiger partial charge in [-0.15, -0.1) is 0 Å². The summed E-state index contributed by atoms with van der Waals surface area (Å²) in [5.41, 5.74) is 0.596. The summed E-state index contributed by atoms with van der Waals surface area (Å²) in [6.07, 6.45) is 1.42. The fraction of sp³-hybridized carbons (Fsp3) is 0.480. The standard InChI is InChI=1S/C25H32FNO6/c1-7-14(2)22(18-9-8-17(26)13-21(18)32-6)16(4)33-25(30)15(3)12-19(28)23-24(29)20(31-5)10-11-27-23/h8-11,13-16,22,29H,7,12H2,1-6H3/t14?,15-,16+,22-/m1/s1. The highest BCUT2D eigenvalue weighted by Gasteiger charge is 2.32. The van der Waals surface area contributed by atoms with Crippen molar-refractivity contribution in [1.82, 2.24) is 4.98 Å². The van der Waals surface area contributed by atoms with Crippen molar-refractivity contribution < 1.29 is 33.3 Å². The molecule has 8 heteroatoms. The maximum atomic E-state index is 13.7. The molecule has 33 heavy (non-hydrogen) atoms. The number of ketones is 1. The Bertz CT molecular complexity index is 979. The Morgan fingerprint density at radius 2 is 1.76 bits per heavy atom. The number of carbonyl (C=O) groups excluding carboxylic acids is 2. The van der Waals surface area contributed by atoms with Crippen molar-refractivity contribution in [2.75, 3.05) is 14.2 Å². The van der Waals surface area contributed by atoms with Crippen molar-refractivity contribution in [3.05, 3.63) is 47.5 Å². The SMILES string of the molecule is CCC(C)[C@@H](c1ccc(F)cc1OC)[C@H](C)OC(=O)[C@H](C)CC(=O)c1nccc(OC)c1O. The van der Waals surface area contributed by atoms with Gasteiger partial charge in [-0.25, -0.2) is 9.37 Å². The minimum absolute atomic E-state index is 0.113. The number of benzene rings is 1. The first-order valence-electron chi connectivity index (χ1n) is 10.9. The molecule has 1 unspecified atom stereocenters. The number of halogens is 1. The molecule has 0 saturated carbocycles. The lowest BCUT2D eigenvalue weighted by atomic mass is 9.81. The first-order valence-corrected chi connectivity index (χ1v) is 10.9. The fourth-order valence-corrected chi connectivity index (χ4v) is 3.87. The van der Waals surface area contributed by atoms with Gasteiger partial charge in [0.05, 0.1) is 20.1 Å². The van der Waals surface area contributed by atoms with Crippen LogP contribution >= 0.6 is 0 Å². The molecule has 0 aliphatic carbocycles. The van der Waals surface area contributed by atoms with Crippen LogP contribution in [0, 0.1) is 17.7 Å². The minimum atomic E-state index is -0.764. The van der Waals surface area contributed by atoms with E-state index in [9.17, 15) is 19.1 Å². The zero-order chi connectivity index (χ0) is 24.7.